The number of hydrogen-bond acceptors (Lipinski definition) is 3. The highest BCUT2D eigenvalue weighted by atomic mass is 15.2. The van der Waals surface area contributed by atoms with E-state index in [2.05, 4.69) is 17.3 Å². The summed E-state index contributed by atoms with van der Waals surface area (Å²) in [5.41, 5.74) is 9.49. The number of rotatable bonds is 1. The molecular formula is C9H11N3. The maximum Gasteiger partial charge on any atom is 0.0641 e. The monoisotopic (exact) mass is 161 g/mol. The Hall–Kier alpha value is -1.50. The highest BCUT2D eigenvalue weighted by Gasteiger charge is 1.93. The SMILES string of the molecule is NCC#Cc1ccccc1NN. The third-order valence-electron chi connectivity index (χ3n) is 1.41. The molecule has 0 saturated heterocycles. The second-order valence-electron chi connectivity index (χ2n) is 2.20. The van der Waals surface area contributed by atoms with Crippen molar-refractivity contribution < 1.29 is 0 Å². The first-order valence-corrected chi connectivity index (χ1v) is 3.63. The van der Waals surface area contributed by atoms with Crippen molar-refractivity contribution in [3.05, 3.63) is 29.8 Å². The van der Waals surface area contributed by atoms with Gasteiger partial charge in [-0.25, -0.2) is 0 Å². The molecule has 12 heavy (non-hydrogen) atoms. The van der Waals surface area contributed by atoms with Gasteiger partial charge in [-0.15, -0.1) is 0 Å². The van der Waals surface area contributed by atoms with Gasteiger partial charge in [0.05, 0.1) is 12.2 Å². The average Bonchev–Trinajstić information content (AvgIpc) is 2.15. The molecule has 0 atom stereocenters. The van der Waals surface area contributed by atoms with Crippen molar-refractivity contribution in [1.29, 1.82) is 0 Å². The van der Waals surface area contributed by atoms with Gasteiger partial charge in [-0.3, -0.25) is 5.84 Å². The van der Waals surface area contributed by atoms with Gasteiger partial charge < -0.3 is 11.2 Å². The van der Waals surface area contributed by atoms with Crippen molar-refractivity contribution in [2.45, 2.75) is 0 Å². The highest BCUT2D eigenvalue weighted by molar-refractivity contribution is 5.58. The number of para-hydroxylation sites is 1. The van der Waals surface area contributed by atoms with Gasteiger partial charge in [-0.1, -0.05) is 24.0 Å². The summed E-state index contributed by atoms with van der Waals surface area (Å²) in [5, 5.41) is 0. The number of nitrogen functional groups attached to an aromatic ring is 1. The van der Waals surface area contributed by atoms with E-state index < -0.39 is 0 Å². The van der Waals surface area contributed by atoms with Gasteiger partial charge in [0, 0.05) is 5.56 Å². The van der Waals surface area contributed by atoms with Crippen LogP contribution >= 0.6 is 0 Å². The standard InChI is InChI=1S/C9H11N3/c10-7-3-5-8-4-1-2-6-9(8)12-11/h1-2,4,6,12H,7,10-11H2. The summed E-state index contributed by atoms with van der Waals surface area (Å²) in [6.45, 7) is 0.360. The lowest BCUT2D eigenvalue weighted by Gasteiger charge is -2.00. The molecule has 5 N–H and O–H groups in total. The molecular weight excluding hydrogens is 150 g/mol. The van der Waals surface area contributed by atoms with E-state index in [9.17, 15) is 0 Å². The number of benzene rings is 1. The minimum atomic E-state index is 0.360. The van der Waals surface area contributed by atoms with Crippen molar-refractivity contribution in [1.82, 2.24) is 0 Å². The van der Waals surface area contributed by atoms with E-state index in [1.807, 2.05) is 24.3 Å². The Labute approximate surface area is 71.7 Å². The van der Waals surface area contributed by atoms with Crippen molar-refractivity contribution in [2.24, 2.45) is 11.6 Å². The van der Waals surface area contributed by atoms with Gasteiger partial charge in [0.25, 0.3) is 0 Å². The average molecular weight is 161 g/mol. The van der Waals surface area contributed by atoms with E-state index in [0.29, 0.717) is 6.54 Å². The molecule has 3 nitrogen and oxygen atoms in total. The first-order valence-electron chi connectivity index (χ1n) is 3.63. The molecule has 62 valence electrons. The molecule has 0 aliphatic heterocycles. The van der Waals surface area contributed by atoms with Crippen molar-refractivity contribution >= 4 is 5.69 Å². The summed E-state index contributed by atoms with van der Waals surface area (Å²) < 4.78 is 0. The minimum absolute atomic E-state index is 0.360. The largest absolute Gasteiger partial charge is 0.323 e. The fourth-order valence-electron chi connectivity index (χ4n) is 0.864. The van der Waals surface area contributed by atoms with Crippen LogP contribution in [0.4, 0.5) is 5.69 Å². The van der Waals surface area contributed by atoms with Crippen LogP contribution in [0.2, 0.25) is 0 Å². The Balaban J connectivity index is 2.97. The molecule has 1 aromatic rings. The Bertz CT molecular complexity index is 309. The maximum absolute atomic E-state index is 5.27. The molecule has 0 spiro atoms. The third-order valence-corrected chi connectivity index (χ3v) is 1.41. The molecule has 1 aromatic carbocycles. The molecule has 0 aliphatic rings. The number of nitrogens with one attached hydrogen (secondary N) is 1. The smallest absolute Gasteiger partial charge is 0.0641 e. The van der Waals surface area contributed by atoms with Crippen LogP contribution in [-0.2, 0) is 0 Å². The van der Waals surface area contributed by atoms with E-state index in [1.54, 1.807) is 0 Å². The van der Waals surface area contributed by atoms with Gasteiger partial charge >= 0.3 is 0 Å². The Morgan fingerprint density at radius 3 is 2.75 bits per heavy atom. The number of anilines is 1. The molecule has 0 saturated carbocycles. The highest BCUT2D eigenvalue weighted by Crippen LogP contribution is 2.10. The van der Waals surface area contributed by atoms with E-state index >= 15 is 0 Å². The summed E-state index contributed by atoms with van der Waals surface area (Å²) in [6.07, 6.45) is 0. The van der Waals surface area contributed by atoms with Crippen LogP contribution in [0.1, 0.15) is 5.56 Å². The molecule has 3 heteroatoms. The van der Waals surface area contributed by atoms with E-state index in [1.165, 1.54) is 0 Å². The van der Waals surface area contributed by atoms with Gasteiger partial charge in [-0.2, -0.15) is 0 Å². The summed E-state index contributed by atoms with van der Waals surface area (Å²) in [5.74, 6) is 10.9. The second-order valence-corrected chi connectivity index (χ2v) is 2.20. The lowest BCUT2D eigenvalue weighted by Crippen LogP contribution is -2.08. The predicted octanol–water partition coefficient (Wildman–Crippen LogP) is 0.282. The van der Waals surface area contributed by atoms with Gasteiger partial charge in [-0.05, 0) is 12.1 Å². The number of nitrogens with two attached hydrogens (primary N) is 2. The summed E-state index contributed by atoms with van der Waals surface area (Å²) in [6, 6.07) is 7.54. The van der Waals surface area contributed by atoms with Crippen LogP contribution in [0.5, 0.6) is 0 Å². The zero-order chi connectivity index (χ0) is 8.81. The molecule has 0 fully saturated rings. The molecule has 1 rings (SSSR count). The van der Waals surface area contributed by atoms with E-state index in [0.717, 1.165) is 11.3 Å². The minimum Gasteiger partial charge on any atom is -0.323 e. The van der Waals surface area contributed by atoms with Gasteiger partial charge in [0.15, 0.2) is 0 Å². The third kappa shape index (κ3) is 1.99. The first kappa shape index (κ1) is 8.60. The fourth-order valence-corrected chi connectivity index (χ4v) is 0.864. The van der Waals surface area contributed by atoms with Crippen LogP contribution in [0.15, 0.2) is 24.3 Å². The predicted molar refractivity (Wildman–Crippen MR) is 50.2 cm³/mol. The molecule has 0 heterocycles. The van der Waals surface area contributed by atoms with E-state index in [-0.39, 0.29) is 0 Å². The van der Waals surface area contributed by atoms with Gasteiger partial charge in [0.1, 0.15) is 0 Å². The molecule has 0 unspecified atom stereocenters. The van der Waals surface area contributed by atoms with Crippen molar-refractivity contribution in [3.63, 3.8) is 0 Å². The lowest BCUT2D eigenvalue weighted by atomic mass is 10.2. The summed E-state index contributed by atoms with van der Waals surface area (Å²) in [4.78, 5) is 0. The van der Waals surface area contributed by atoms with Crippen LogP contribution in [0.3, 0.4) is 0 Å². The number of hydrazine groups is 1. The Morgan fingerprint density at radius 1 is 1.33 bits per heavy atom. The zero-order valence-electron chi connectivity index (χ0n) is 6.67. The first-order chi connectivity index (χ1) is 5.88. The van der Waals surface area contributed by atoms with Crippen LogP contribution in [0.25, 0.3) is 0 Å². The number of hydrogen-bond donors (Lipinski definition) is 3. The van der Waals surface area contributed by atoms with Crippen LogP contribution < -0.4 is 17.0 Å². The Morgan fingerprint density at radius 2 is 2.08 bits per heavy atom. The van der Waals surface area contributed by atoms with Crippen LogP contribution in [0, 0.1) is 11.8 Å². The molecule has 0 aromatic heterocycles. The van der Waals surface area contributed by atoms with Crippen molar-refractivity contribution in [3.8, 4) is 11.8 Å². The summed E-state index contributed by atoms with van der Waals surface area (Å²) >= 11 is 0. The van der Waals surface area contributed by atoms with E-state index in [4.69, 9.17) is 11.6 Å². The van der Waals surface area contributed by atoms with Gasteiger partial charge in [0.2, 0.25) is 0 Å². The lowest BCUT2D eigenvalue weighted by molar-refractivity contribution is 1.30. The maximum atomic E-state index is 5.27. The molecule has 0 aliphatic carbocycles. The fraction of sp³-hybridized carbons (Fsp3) is 0.111. The molecule has 0 bridgehead atoms. The molecule has 0 radical (unpaired) electrons. The summed E-state index contributed by atoms with van der Waals surface area (Å²) in [7, 11) is 0. The Kier molecular flexibility index (Phi) is 3.15. The molecule has 0 amide bonds. The second kappa shape index (κ2) is 4.39. The van der Waals surface area contributed by atoms with Crippen molar-refractivity contribution in [2.75, 3.05) is 12.0 Å². The zero-order valence-corrected chi connectivity index (χ0v) is 6.67. The topological polar surface area (TPSA) is 64.1 Å². The normalized spacial score (nSPS) is 8.50. The quantitative estimate of drug-likeness (QED) is 0.315. The van der Waals surface area contributed by atoms with Crippen LogP contribution in [-0.4, -0.2) is 6.54 Å².